The van der Waals surface area contributed by atoms with Gasteiger partial charge in [0.2, 0.25) is 5.91 Å². The van der Waals surface area contributed by atoms with Gasteiger partial charge in [0.05, 0.1) is 5.56 Å². The molecular weight excluding hydrogens is 427 g/mol. The van der Waals surface area contributed by atoms with Crippen molar-refractivity contribution < 1.29 is 9.59 Å². The van der Waals surface area contributed by atoms with Crippen molar-refractivity contribution in [1.29, 1.82) is 0 Å². The summed E-state index contributed by atoms with van der Waals surface area (Å²) in [5, 5.41) is 2.98. The predicted octanol–water partition coefficient (Wildman–Crippen LogP) is 3.84. The first-order valence-electron chi connectivity index (χ1n) is 8.58. The zero-order valence-electron chi connectivity index (χ0n) is 13.8. The summed E-state index contributed by atoms with van der Waals surface area (Å²) in [5.74, 6) is 0.440. The Labute approximate surface area is 160 Å². The predicted molar refractivity (Wildman–Crippen MR) is 105 cm³/mol. The molecule has 0 bridgehead atoms. The first kappa shape index (κ1) is 16.6. The van der Waals surface area contributed by atoms with Crippen LogP contribution < -0.4 is 5.32 Å². The van der Waals surface area contributed by atoms with Crippen molar-refractivity contribution in [1.82, 2.24) is 4.90 Å². The third-order valence-corrected chi connectivity index (χ3v) is 5.77. The summed E-state index contributed by atoms with van der Waals surface area (Å²) in [7, 11) is 0. The van der Waals surface area contributed by atoms with Crippen molar-refractivity contribution in [3.63, 3.8) is 0 Å². The third kappa shape index (κ3) is 3.56. The number of rotatable bonds is 3. The fraction of sp³-hybridized carbons (Fsp3) is 0.300. The van der Waals surface area contributed by atoms with E-state index in [1.165, 1.54) is 5.56 Å². The van der Waals surface area contributed by atoms with Crippen LogP contribution in [0.2, 0.25) is 0 Å². The van der Waals surface area contributed by atoms with Gasteiger partial charge >= 0.3 is 0 Å². The smallest absolute Gasteiger partial charge is 0.256 e. The molecule has 1 fully saturated rings. The van der Waals surface area contributed by atoms with E-state index in [-0.39, 0.29) is 11.8 Å². The quantitative estimate of drug-likeness (QED) is 0.729. The van der Waals surface area contributed by atoms with E-state index in [9.17, 15) is 9.59 Å². The van der Waals surface area contributed by atoms with Gasteiger partial charge < -0.3 is 10.2 Å². The number of carbonyl (C=O) groups excluding carboxylic acids is 2. The highest BCUT2D eigenvalue weighted by Crippen LogP contribution is 2.33. The maximum atomic E-state index is 12.5. The Bertz CT molecular complexity index is 845. The van der Waals surface area contributed by atoms with E-state index < -0.39 is 0 Å². The molecule has 1 N–H and O–H groups in total. The number of halogens is 1. The van der Waals surface area contributed by atoms with Gasteiger partial charge in [-0.05, 0) is 77.2 Å². The lowest BCUT2D eigenvalue weighted by atomic mass is 9.98. The number of carbonyl (C=O) groups is 2. The van der Waals surface area contributed by atoms with E-state index in [1.54, 1.807) is 0 Å². The Hall–Kier alpha value is -1.89. The second-order valence-electron chi connectivity index (χ2n) is 6.70. The van der Waals surface area contributed by atoms with Gasteiger partial charge in [-0.15, -0.1) is 0 Å². The van der Waals surface area contributed by atoms with E-state index in [2.05, 4.69) is 34.0 Å². The van der Waals surface area contributed by atoms with Gasteiger partial charge in [-0.1, -0.05) is 18.2 Å². The molecule has 0 unspecified atom stereocenters. The first-order valence-corrected chi connectivity index (χ1v) is 9.66. The lowest BCUT2D eigenvalue weighted by molar-refractivity contribution is -0.133. The van der Waals surface area contributed by atoms with Crippen molar-refractivity contribution in [3.05, 3.63) is 62.7 Å². The molecule has 1 aliphatic heterocycles. The molecule has 0 atom stereocenters. The van der Waals surface area contributed by atoms with Crippen molar-refractivity contribution in [2.24, 2.45) is 5.92 Å². The van der Waals surface area contributed by atoms with Crippen LogP contribution in [-0.2, 0) is 17.8 Å². The van der Waals surface area contributed by atoms with Crippen molar-refractivity contribution >= 4 is 40.1 Å². The average molecular weight is 446 g/mol. The monoisotopic (exact) mass is 446 g/mol. The molecular formula is C20H19IN2O2. The van der Waals surface area contributed by atoms with Crippen LogP contribution in [-0.4, -0.2) is 23.3 Å². The largest absolute Gasteiger partial charge is 0.338 e. The number of hydrogen-bond donors (Lipinski definition) is 1. The molecule has 1 heterocycles. The Morgan fingerprint density at radius 3 is 2.64 bits per heavy atom. The second-order valence-corrected chi connectivity index (χ2v) is 7.86. The summed E-state index contributed by atoms with van der Waals surface area (Å²) >= 11 is 2.17. The van der Waals surface area contributed by atoms with Gasteiger partial charge in [0.1, 0.15) is 0 Å². The molecule has 1 aliphatic carbocycles. The molecule has 25 heavy (non-hydrogen) atoms. The van der Waals surface area contributed by atoms with Gasteiger partial charge in [-0.2, -0.15) is 0 Å². The van der Waals surface area contributed by atoms with Crippen LogP contribution in [0.5, 0.6) is 0 Å². The highest BCUT2D eigenvalue weighted by atomic mass is 127. The maximum Gasteiger partial charge on any atom is 0.256 e. The van der Waals surface area contributed by atoms with Crippen LogP contribution in [0.4, 0.5) is 5.69 Å². The molecule has 0 saturated heterocycles. The van der Waals surface area contributed by atoms with Crippen molar-refractivity contribution in [2.75, 3.05) is 11.9 Å². The molecule has 4 nitrogen and oxygen atoms in total. The Balaban J connectivity index is 1.51. The molecule has 2 aromatic carbocycles. The van der Waals surface area contributed by atoms with E-state index in [0.717, 1.165) is 40.6 Å². The summed E-state index contributed by atoms with van der Waals surface area (Å²) in [6.07, 6.45) is 2.96. The molecule has 1 saturated carbocycles. The van der Waals surface area contributed by atoms with Gasteiger partial charge in [-0.25, -0.2) is 0 Å². The van der Waals surface area contributed by atoms with Gasteiger partial charge in [0.15, 0.2) is 0 Å². The lowest BCUT2D eigenvalue weighted by Gasteiger charge is -2.29. The highest BCUT2D eigenvalue weighted by Gasteiger charge is 2.34. The fourth-order valence-electron chi connectivity index (χ4n) is 3.26. The number of benzene rings is 2. The minimum Gasteiger partial charge on any atom is -0.338 e. The van der Waals surface area contributed by atoms with Crippen LogP contribution in [0.3, 0.4) is 0 Å². The Morgan fingerprint density at radius 1 is 1.08 bits per heavy atom. The molecule has 0 aromatic heterocycles. The van der Waals surface area contributed by atoms with Gasteiger partial charge in [0, 0.05) is 28.3 Å². The van der Waals surface area contributed by atoms with Crippen molar-refractivity contribution in [3.8, 4) is 0 Å². The third-order valence-electron chi connectivity index (χ3n) is 4.83. The summed E-state index contributed by atoms with van der Waals surface area (Å²) in [6.45, 7) is 1.45. The molecule has 2 amide bonds. The first-order chi connectivity index (χ1) is 12.1. The summed E-state index contributed by atoms with van der Waals surface area (Å²) in [4.78, 5) is 26.8. The standard InChI is InChI=1S/C20H19IN2O2/c21-18-4-2-1-3-17(18)19(24)22-16-8-7-13-9-10-23(12-15(13)11-16)20(25)14-5-6-14/h1-4,7-8,11,14H,5-6,9-10,12H2,(H,22,24). The van der Waals surface area contributed by atoms with E-state index in [1.807, 2.05) is 41.3 Å². The van der Waals surface area contributed by atoms with Crippen LogP contribution in [0.25, 0.3) is 0 Å². The number of fused-ring (bicyclic) bond motifs is 1. The fourth-order valence-corrected chi connectivity index (χ4v) is 3.89. The Kier molecular flexibility index (Phi) is 4.50. The average Bonchev–Trinajstić information content (AvgIpc) is 3.46. The number of nitrogens with one attached hydrogen (secondary N) is 1. The summed E-state index contributed by atoms with van der Waals surface area (Å²) in [6, 6.07) is 13.6. The highest BCUT2D eigenvalue weighted by molar-refractivity contribution is 14.1. The normalized spacial score (nSPS) is 16.3. The second kappa shape index (κ2) is 6.78. The topological polar surface area (TPSA) is 49.4 Å². The summed E-state index contributed by atoms with van der Waals surface area (Å²) < 4.78 is 0.928. The summed E-state index contributed by atoms with van der Waals surface area (Å²) in [5.41, 5.74) is 3.86. The molecule has 128 valence electrons. The maximum absolute atomic E-state index is 12.5. The number of nitrogens with zero attached hydrogens (tertiary/aromatic N) is 1. The molecule has 0 radical (unpaired) electrons. The lowest BCUT2D eigenvalue weighted by Crippen LogP contribution is -2.36. The zero-order chi connectivity index (χ0) is 17.4. The number of amides is 2. The molecule has 5 heteroatoms. The minimum atomic E-state index is -0.105. The number of hydrogen-bond acceptors (Lipinski definition) is 2. The molecule has 4 rings (SSSR count). The Morgan fingerprint density at radius 2 is 1.88 bits per heavy atom. The molecule has 2 aromatic rings. The zero-order valence-corrected chi connectivity index (χ0v) is 16.0. The number of anilines is 1. The van der Waals surface area contributed by atoms with E-state index in [4.69, 9.17) is 0 Å². The van der Waals surface area contributed by atoms with Crippen LogP contribution >= 0.6 is 22.6 Å². The minimum absolute atomic E-state index is 0.105. The molecule has 0 spiro atoms. The van der Waals surface area contributed by atoms with Crippen LogP contribution in [0.1, 0.15) is 34.3 Å². The van der Waals surface area contributed by atoms with Crippen molar-refractivity contribution in [2.45, 2.75) is 25.8 Å². The molecule has 2 aliphatic rings. The van der Waals surface area contributed by atoms with Gasteiger partial charge in [-0.3, -0.25) is 9.59 Å². The van der Waals surface area contributed by atoms with E-state index >= 15 is 0 Å². The van der Waals surface area contributed by atoms with Crippen LogP contribution in [0.15, 0.2) is 42.5 Å². The van der Waals surface area contributed by atoms with E-state index in [0.29, 0.717) is 18.0 Å². The van der Waals surface area contributed by atoms with Crippen LogP contribution in [0, 0.1) is 9.49 Å². The van der Waals surface area contributed by atoms with Gasteiger partial charge in [0.25, 0.3) is 5.91 Å². The SMILES string of the molecule is O=C(Nc1ccc2c(c1)CN(C(=O)C1CC1)CC2)c1ccccc1I.